The minimum absolute atomic E-state index is 0.236. The molecule has 0 radical (unpaired) electrons. The summed E-state index contributed by atoms with van der Waals surface area (Å²) >= 11 is 3.71. The van der Waals surface area contributed by atoms with Crippen LogP contribution >= 0.6 is 15.9 Å². The van der Waals surface area contributed by atoms with E-state index in [0.29, 0.717) is 5.41 Å². The van der Waals surface area contributed by atoms with E-state index in [9.17, 15) is 0 Å². The van der Waals surface area contributed by atoms with Crippen molar-refractivity contribution in [3.8, 4) is 0 Å². The average Bonchev–Trinajstić information content (AvgIpc) is 2.99. The Morgan fingerprint density at radius 1 is 1.33 bits per heavy atom. The fourth-order valence-corrected chi connectivity index (χ4v) is 4.55. The Bertz CT molecular complexity index is 473. The van der Waals surface area contributed by atoms with Crippen LogP contribution in [0.4, 0.5) is 0 Å². The number of hydrogen-bond acceptors (Lipinski definition) is 2. The highest BCUT2D eigenvalue weighted by molar-refractivity contribution is 9.10. The Morgan fingerprint density at radius 2 is 1.95 bits per heavy atom. The lowest BCUT2D eigenvalue weighted by Gasteiger charge is -2.37. The van der Waals surface area contributed by atoms with Crippen LogP contribution in [0.1, 0.15) is 64.3 Å². The van der Waals surface area contributed by atoms with Gasteiger partial charge in [0.15, 0.2) is 0 Å². The number of nitrogens with two attached hydrogens (primary N) is 1. The SMILES string of the molecule is CCn1nc(C)c(Br)c1CC(N)C1(CC(C)C)CCCC1. The van der Waals surface area contributed by atoms with E-state index in [-0.39, 0.29) is 6.04 Å². The molecule has 1 aromatic rings. The molecule has 1 fully saturated rings. The Labute approximate surface area is 137 Å². The zero-order valence-corrected chi connectivity index (χ0v) is 15.5. The molecule has 1 heterocycles. The van der Waals surface area contributed by atoms with Crippen LogP contribution in [0.15, 0.2) is 4.47 Å². The summed E-state index contributed by atoms with van der Waals surface area (Å²) in [6.07, 6.45) is 7.46. The normalized spacial score (nSPS) is 19.4. The van der Waals surface area contributed by atoms with Crippen molar-refractivity contribution in [2.24, 2.45) is 17.1 Å². The summed E-state index contributed by atoms with van der Waals surface area (Å²) in [5.74, 6) is 0.718. The summed E-state index contributed by atoms with van der Waals surface area (Å²) < 4.78 is 3.26. The second-order valence-corrected chi connectivity index (χ2v) is 7.93. The summed E-state index contributed by atoms with van der Waals surface area (Å²) in [4.78, 5) is 0. The van der Waals surface area contributed by atoms with E-state index in [1.165, 1.54) is 37.8 Å². The van der Waals surface area contributed by atoms with Crippen molar-refractivity contribution in [3.05, 3.63) is 15.9 Å². The molecule has 0 spiro atoms. The number of hydrogen-bond donors (Lipinski definition) is 1. The highest BCUT2D eigenvalue weighted by atomic mass is 79.9. The average molecular weight is 356 g/mol. The number of aryl methyl sites for hydroxylation is 2. The minimum Gasteiger partial charge on any atom is -0.327 e. The zero-order valence-electron chi connectivity index (χ0n) is 14.0. The molecular formula is C17H30BrN3. The van der Waals surface area contributed by atoms with Gasteiger partial charge in [-0.3, -0.25) is 4.68 Å². The molecule has 3 nitrogen and oxygen atoms in total. The van der Waals surface area contributed by atoms with Crippen LogP contribution in [0.2, 0.25) is 0 Å². The van der Waals surface area contributed by atoms with Crippen LogP contribution in [0.3, 0.4) is 0 Å². The minimum atomic E-state index is 0.236. The van der Waals surface area contributed by atoms with Gasteiger partial charge >= 0.3 is 0 Å². The van der Waals surface area contributed by atoms with E-state index >= 15 is 0 Å². The molecule has 4 heteroatoms. The van der Waals surface area contributed by atoms with E-state index in [1.807, 2.05) is 0 Å². The lowest BCUT2D eigenvalue weighted by molar-refractivity contribution is 0.179. The highest BCUT2D eigenvalue weighted by Gasteiger charge is 2.40. The van der Waals surface area contributed by atoms with Crippen molar-refractivity contribution in [2.45, 2.75) is 78.8 Å². The van der Waals surface area contributed by atoms with Gasteiger partial charge in [-0.15, -0.1) is 0 Å². The quantitative estimate of drug-likeness (QED) is 0.818. The standard InChI is InChI=1S/C17H30BrN3/c1-5-21-14(16(18)13(4)20-21)10-15(19)17(11-12(2)3)8-6-7-9-17/h12,15H,5-11,19H2,1-4H3. The van der Waals surface area contributed by atoms with Crippen LogP contribution in [0, 0.1) is 18.3 Å². The smallest absolute Gasteiger partial charge is 0.0738 e. The van der Waals surface area contributed by atoms with Gasteiger partial charge in [-0.25, -0.2) is 0 Å². The molecule has 21 heavy (non-hydrogen) atoms. The molecule has 0 saturated heterocycles. The molecule has 0 amide bonds. The summed E-state index contributed by atoms with van der Waals surface area (Å²) in [7, 11) is 0. The molecule has 2 N–H and O–H groups in total. The summed E-state index contributed by atoms with van der Waals surface area (Å²) in [6, 6.07) is 0.236. The summed E-state index contributed by atoms with van der Waals surface area (Å²) in [5.41, 5.74) is 9.42. The maximum atomic E-state index is 6.73. The van der Waals surface area contributed by atoms with Crippen LogP contribution in [0.5, 0.6) is 0 Å². The van der Waals surface area contributed by atoms with Crippen LogP contribution in [-0.4, -0.2) is 15.8 Å². The van der Waals surface area contributed by atoms with Gasteiger partial charge in [-0.05, 0) is 60.4 Å². The fourth-order valence-electron chi connectivity index (χ4n) is 4.11. The first-order valence-corrected chi connectivity index (χ1v) is 9.16. The Morgan fingerprint density at radius 3 is 2.48 bits per heavy atom. The first kappa shape index (κ1) is 17.0. The van der Waals surface area contributed by atoms with Gasteiger partial charge < -0.3 is 5.73 Å². The molecule has 1 aliphatic carbocycles. The van der Waals surface area contributed by atoms with Crippen LogP contribution in [0.25, 0.3) is 0 Å². The Hall–Kier alpha value is -0.350. The van der Waals surface area contributed by atoms with E-state index in [0.717, 1.165) is 29.1 Å². The zero-order chi connectivity index (χ0) is 15.6. The second-order valence-electron chi connectivity index (χ2n) is 7.14. The lowest BCUT2D eigenvalue weighted by atomic mass is 9.71. The first-order valence-electron chi connectivity index (χ1n) is 8.37. The maximum Gasteiger partial charge on any atom is 0.0738 e. The first-order chi connectivity index (χ1) is 9.89. The third-order valence-electron chi connectivity index (χ3n) is 5.07. The number of aromatic nitrogens is 2. The van der Waals surface area contributed by atoms with Crippen molar-refractivity contribution >= 4 is 15.9 Å². The number of nitrogens with zero attached hydrogens (tertiary/aromatic N) is 2. The number of rotatable bonds is 6. The summed E-state index contributed by atoms with van der Waals surface area (Å²) in [6.45, 7) is 9.76. The van der Waals surface area contributed by atoms with Crippen molar-refractivity contribution in [1.29, 1.82) is 0 Å². The van der Waals surface area contributed by atoms with E-state index in [2.05, 4.69) is 53.4 Å². The molecule has 2 rings (SSSR count). The van der Waals surface area contributed by atoms with Gasteiger partial charge in [-0.1, -0.05) is 26.7 Å². The van der Waals surface area contributed by atoms with Crippen LogP contribution < -0.4 is 5.73 Å². The summed E-state index contributed by atoms with van der Waals surface area (Å²) in [5, 5.41) is 4.61. The van der Waals surface area contributed by atoms with Crippen molar-refractivity contribution in [2.75, 3.05) is 0 Å². The van der Waals surface area contributed by atoms with Crippen LogP contribution in [-0.2, 0) is 13.0 Å². The van der Waals surface area contributed by atoms with Crippen molar-refractivity contribution in [1.82, 2.24) is 9.78 Å². The fraction of sp³-hybridized carbons (Fsp3) is 0.824. The van der Waals surface area contributed by atoms with Gasteiger partial charge in [0.25, 0.3) is 0 Å². The molecule has 0 aromatic carbocycles. The van der Waals surface area contributed by atoms with Crippen molar-refractivity contribution in [3.63, 3.8) is 0 Å². The second kappa shape index (κ2) is 6.82. The van der Waals surface area contributed by atoms with Gasteiger partial charge in [-0.2, -0.15) is 5.10 Å². The Balaban J connectivity index is 2.21. The third kappa shape index (κ3) is 3.53. The number of halogens is 1. The largest absolute Gasteiger partial charge is 0.327 e. The molecule has 0 aliphatic heterocycles. The van der Waals surface area contributed by atoms with Crippen molar-refractivity contribution < 1.29 is 0 Å². The molecule has 120 valence electrons. The van der Waals surface area contributed by atoms with Gasteiger partial charge in [0, 0.05) is 19.0 Å². The molecule has 1 aromatic heterocycles. The maximum absolute atomic E-state index is 6.73. The monoisotopic (exact) mass is 355 g/mol. The lowest BCUT2D eigenvalue weighted by Crippen LogP contribution is -2.43. The molecule has 1 saturated carbocycles. The predicted octanol–water partition coefficient (Wildman–Crippen LogP) is 4.45. The van der Waals surface area contributed by atoms with E-state index in [4.69, 9.17) is 5.73 Å². The molecule has 0 bridgehead atoms. The third-order valence-corrected chi connectivity index (χ3v) is 6.10. The topological polar surface area (TPSA) is 43.8 Å². The molecule has 1 atom stereocenters. The Kier molecular flexibility index (Phi) is 5.53. The predicted molar refractivity (Wildman–Crippen MR) is 92.4 cm³/mol. The molecular weight excluding hydrogens is 326 g/mol. The highest BCUT2D eigenvalue weighted by Crippen LogP contribution is 2.46. The van der Waals surface area contributed by atoms with Gasteiger partial charge in [0.2, 0.25) is 0 Å². The molecule has 1 unspecified atom stereocenters. The van der Waals surface area contributed by atoms with E-state index < -0.39 is 0 Å². The molecule has 1 aliphatic rings. The van der Waals surface area contributed by atoms with Gasteiger partial charge in [0.05, 0.1) is 15.9 Å². The van der Waals surface area contributed by atoms with E-state index in [1.54, 1.807) is 0 Å². The van der Waals surface area contributed by atoms with Gasteiger partial charge in [0.1, 0.15) is 0 Å².